The molecule has 0 spiro atoms. The van der Waals surface area contributed by atoms with E-state index >= 15 is 0 Å². The highest BCUT2D eigenvalue weighted by Gasteiger charge is 2.08. The first-order valence-electron chi connectivity index (χ1n) is 8.66. The number of nitrogens with zero attached hydrogens (tertiary/aromatic N) is 2. The van der Waals surface area contributed by atoms with E-state index in [0.29, 0.717) is 32.3 Å². The van der Waals surface area contributed by atoms with Crippen molar-refractivity contribution in [2.75, 3.05) is 40.4 Å². The van der Waals surface area contributed by atoms with Crippen molar-refractivity contribution in [2.45, 2.75) is 24.8 Å². The number of hydrogen-bond donors (Lipinski definition) is 3. The fourth-order valence-corrected chi connectivity index (χ4v) is 2.49. The maximum absolute atomic E-state index is 11.8. The van der Waals surface area contributed by atoms with E-state index in [1.807, 2.05) is 6.92 Å². The Hall–Kier alpha value is -2.17. The van der Waals surface area contributed by atoms with Gasteiger partial charge in [-0.1, -0.05) is 12.1 Å². The van der Waals surface area contributed by atoms with Crippen LogP contribution in [-0.2, 0) is 26.1 Å². The Balaban J connectivity index is 2.69. The van der Waals surface area contributed by atoms with Crippen molar-refractivity contribution in [2.24, 2.45) is 10.1 Å². The number of hydrogen-bond acceptors (Lipinski definition) is 5. The molecular weight excluding hydrogens is 370 g/mol. The third-order valence-corrected chi connectivity index (χ3v) is 4.47. The highest BCUT2D eigenvalue weighted by molar-refractivity contribution is 7.89. The van der Waals surface area contributed by atoms with Crippen LogP contribution in [0.2, 0.25) is 0 Å². The molecule has 27 heavy (non-hydrogen) atoms. The molecule has 10 heteroatoms. The number of rotatable bonds is 10. The molecule has 0 fully saturated rings. The maximum Gasteiger partial charge on any atom is 0.241 e. The Morgan fingerprint density at radius 1 is 1.22 bits per heavy atom. The van der Waals surface area contributed by atoms with Crippen LogP contribution in [0.25, 0.3) is 0 Å². The van der Waals surface area contributed by atoms with Crippen LogP contribution in [0.1, 0.15) is 18.9 Å². The van der Waals surface area contributed by atoms with Gasteiger partial charge in [-0.3, -0.25) is 4.79 Å². The molecule has 1 rings (SSSR count). The van der Waals surface area contributed by atoms with Crippen LogP contribution in [0, 0.1) is 0 Å². The Labute approximate surface area is 161 Å². The lowest BCUT2D eigenvalue weighted by atomic mass is 10.2. The van der Waals surface area contributed by atoms with Crippen molar-refractivity contribution >= 4 is 21.9 Å². The fraction of sp³-hybridized carbons (Fsp3) is 0.529. The predicted molar refractivity (Wildman–Crippen MR) is 105 cm³/mol. The lowest BCUT2D eigenvalue weighted by molar-refractivity contribution is -0.127. The third-order valence-electron chi connectivity index (χ3n) is 3.54. The van der Waals surface area contributed by atoms with Gasteiger partial charge in [-0.25, -0.2) is 18.5 Å². The average molecular weight is 400 g/mol. The number of benzene rings is 1. The zero-order valence-corrected chi connectivity index (χ0v) is 16.9. The van der Waals surface area contributed by atoms with E-state index in [9.17, 15) is 13.2 Å². The Kier molecular flexibility index (Phi) is 9.76. The fourth-order valence-electron chi connectivity index (χ4n) is 1.97. The second-order valence-electron chi connectivity index (χ2n) is 5.97. The first-order valence-corrected chi connectivity index (χ1v) is 10.2. The second-order valence-corrected chi connectivity index (χ2v) is 7.53. The van der Waals surface area contributed by atoms with Gasteiger partial charge in [0.1, 0.15) is 0 Å². The van der Waals surface area contributed by atoms with Gasteiger partial charge >= 0.3 is 0 Å². The van der Waals surface area contributed by atoms with Gasteiger partial charge in [0.05, 0.1) is 18.0 Å². The minimum absolute atomic E-state index is 0.0548. The van der Waals surface area contributed by atoms with Gasteiger partial charge in [-0.2, -0.15) is 0 Å². The Morgan fingerprint density at radius 2 is 1.89 bits per heavy atom. The number of carbonyl (C=O) groups is 1. The van der Waals surface area contributed by atoms with Gasteiger partial charge in [-0.15, -0.1) is 0 Å². The number of amides is 1. The molecule has 0 saturated carbocycles. The molecule has 0 aliphatic carbocycles. The molecule has 1 amide bonds. The minimum atomic E-state index is -3.71. The van der Waals surface area contributed by atoms with E-state index in [1.165, 1.54) is 17.0 Å². The molecule has 0 aliphatic rings. The molecule has 0 aromatic heterocycles. The van der Waals surface area contributed by atoms with Gasteiger partial charge in [-0.05, 0) is 31.0 Å². The van der Waals surface area contributed by atoms with E-state index in [1.54, 1.807) is 26.2 Å². The lowest BCUT2D eigenvalue weighted by Crippen LogP contribution is -2.43. The number of likely N-dealkylation sites (N-methyl/N-ethyl adjacent to an activating group) is 1. The van der Waals surface area contributed by atoms with Crippen molar-refractivity contribution in [1.29, 1.82) is 0 Å². The first-order chi connectivity index (χ1) is 12.7. The largest absolute Gasteiger partial charge is 0.382 e. The minimum Gasteiger partial charge on any atom is -0.382 e. The molecule has 0 unspecified atom stereocenters. The lowest BCUT2D eigenvalue weighted by Gasteiger charge is -2.15. The van der Waals surface area contributed by atoms with E-state index in [2.05, 4.69) is 15.6 Å². The molecule has 9 nitrogen and oxygen atoms in total. The van der Waals surface area contributed by atoms with Crippen LogP contribution in [0.4, 0.5) is 0 Å². The monoisotopic (exact) mass is 399 g/mol. The van der Waals surface area contributed by atoms with Gasteiger partial charge in [0.2, 0.25) is 15.9 Å². The second kappa shape index (κ2) is 11.5. The summed E-state index contributed by atoms with van der Waals surface area (Å²) in [5, 5.41) is 11.2. The summed E-state index contributed by atoms with van der Waals surface area (Å²) >= 11 is 0. The Morgan fingerprint density at radius 3 is 2.44 bits per heavy atom. The van der Waals surface area contributed by atoms with Gasteiger partial charge < -0.3 is 20.3 Å². The van der Waals surface area contributed by atoms with Gasteiger partial charge in [0.25, 0.3) is 0 Å². The van der Waals surface area contributed by atoms with Crippen molar-refractivity contribution in [3.63, 3.8) is 0 Å². The third kappa shape index (κ3) is 9.36. The number of ether oxygens (including phenoxy) is 1. The summed E-state index contributed by atoms with van der Waals surface area (Å²) in [4.78, 5) is 17.7. The smallest absolute Gasteiger partial charge is 0.241 e. The number of aliphatic imine (C=N–C) groups is 1. The van der Waals surface area contributed by atoms with E-state index in [4.69, 9.17) is 9.88 Å². The summed E-state index contributed by atoms with van der Waals surface area (Å²) < 4.78 is 27.9. The molecule has 1 aromatic carbocycles. The molecule has 0 radical (unpaired) electrons. The highest BCUT2D eigenvalue weighted by Crippen LogP contribution is 2.09. The summed E-state index contributed by atoms with van der Waals surface area (Å²) in [6.45, 7) is 4.34. The van der Waals surface area contributed by atoms with Crippen LogP contribution in [0.5, 0.6) is 0 Å². The van der Waals surface area contributed by atoms with Crippen LogP contribution in [0.15, 0.2) is 34.2 Å². The molecule has 152 valence electrons. The zero-order valence-electron chi connectivity index (χ0n) is 16.1. The number of sulfonamides is 1. The highest BCUT2D eigenvalue weighted by atomic mass is 32.2. The molecular formula is C17H29N5O4S. The number of guanidine groups is 1. The summed E-state index contributed by atoms with van der Waals surface area (Å²) in [7, 11) is -0.344. The molecule has 0 bridgehead atoms. The maximum atomic E-state index is 11.8. The summed E-state index contributed by atoms with van der Waals surface area (Å²) in [5.74, 6) is 0.425. The van der Waals surface area contributed by atoms with Crippen LogP contribution >= 0.6 is 0 Å². The van der Waals surface area contributed by atoms with E-state index in [-0.39, 0.29) is 17.3 Å². The molecule has 0 aliphatic heterocycles. The summed E-state index contributed by atoms with van der Waals surface area (Å²) in [6, 6.07) is 6.19. The van der Waals surface area contributed by atoms with Crippen molar-refractivity contribution in [1.82, 2.24) is 15.5 Å². The van der Waals surface area contributed by atoms with Crippen LogP contribution < -0.4 is 15.8 Å². The molecule has 0 heterocycles. The standard InChI is InChI=1S/C17H29N5O4S/c1-4-26-11-5-10-19-17(21-13-16(23)22(2)3)20-12-14-6-8-15(9-7-14)27(18,24)25/h6-9H,4-5,10-13H2,1-3H3,(H2,18,24,25)(H2,19,20,21). The van der Waals surface area contributed by atoms with Crippen molar-refractivity contribution in [3.8, 4) is 0 Å². The number of nitrogens with one attached hydrogen (secondary N) is 2. The van der Waals surface area contributed by atoms with E-state index in [0.717, 1.165) is 12.0 Å². The van der Waals surface area contributed by atoms with Crippen LogP contribution in [-0.4, -0.2) is 65.6 Å². The quantitative estimate of drug-likeness (QED) is 0.286. The molecule has 0 saturated heterocycles. The first kappa shape index (κ1) is 22.9. The number of primary sulfonamides is 1. The summed E-state index contributed by atoms with van der Waals surface area (Å²) in [6.07, 6.45) is 0.805. The predicted octanol–water partition coefficient (Wildman–Crippen LogP) is -0.116. The Bertz CT molecular complexity index is 717. The van der Waals surface area contributed by atoms with Crippen molar-refractivity contribution < 1.29 is 17.9 Å². The molecule has 1 aromatic rings. The van der Waals surface area contributed by atoms with E-state index < -0.39 is 10.0 Å². The average Bonchev–Trinajstić information content (AvgIpc) is 2.62. The zero-order chi connectivity index (χ0) is 20.3. The van der Waals surface area contributed by atoms with Gasteiger partial charge in [0.15, 0.2) is 5.96 Å². The van der Waals surface area contributed by atoms with Crippen LogP contribution in [0.3, 0.4) is 0 Å². The van der Waals surface area contributed by atoms with Gasteiger partial charge in [0, 0.05) is 33.9 Å². The number of carbonyl (C=O) groups excluding carboxylic acids is 1. The van der Waals surface area contributed by atoms with Crippen molar-refractivity contribution in [3.05, 3.63) is 29.8 Å². The molecule has 0 atom stereocenters. The normalized spacial score (nSPS) is 11.9. The summed E-state index contributed by atoms with van der Waals surface area (Å²) in [5.41, 5.74) is 0.816. The molecule has 4 N–H and O–H groups in total. The topological polar surface area (TPSA) is 126 Å². The SMILES string of the molecule is CCOCCCNC(=NCc1ccc(S(N)(=O)=O)cc1)NCC(=O)N(C)C. The number of nitrogens with two attached hydrogens (primary N) is 1.